The van der Waals surface area contributed by atoms with Gasteiger partial charge in [-0.15, -0.1) is 0 Å². The number of benzene rings is 2. The van der Waals surface area contributed by atoms with Gasteiger partial charge in [-0.3, -0.25) is 0 Å². The Labute approximate surface area is 118 Å². The van der Waals surface area contributed by atoms with Crippen LogP contribution in [0.5, 0.6) is 0 Å². The van der Waals surface area contributed by atoms with Gasteiger partial charge in [-0.1, -0.05) is 24.3 Å². The molecular formula is C16H16FN3. The van der Waals surface area contributed by atoms with E-state index in [1.807, 2.05) is 42.2 Å². The Hall–Kier alpha value is -2.54. The Morgan fingerprint density at radius 3 is 2.60 bits per heavy atom. The molecule has 0 radical (unpaired) electrons. The Morgan fingerprint density at radius 2 is 1.95 bits per heavy atom. The Bertz CT molecular complexity index is 646. The average molecular weight is 269 g/mol. The van der Waals surface area contributed by atoms with Crippen LogP contribution in [0.3, 0.4) is 0 Å². The van der Waals surface area contributed by atoms with Crippen molar-refractivity contribution < 1.29 is 4.39 Å². The fourth-order valence-corrected chi connectivity index (χ4v) is 2.14. The van der Waals surface area contributed by atoms with Crippen molar-refractivity contribution in [3.8, 4) is 6.07 Å². The molecule has 0 aromatic heterocycles. The molecule has 0 bridgehead atoms. The maximum absolute atomic E-state index is 13.7. The SMILES string of the molecule is CCN(Cc1ccccc1N)c1cccc(F)c1C#N. The highest BCUT2D eigenvalue weighted by atomic mass is 19.1. The fourth-order valence-electron chi connectivity index (χ4n) is 2.14. The number of nitrogens with two attached hydrogens (primary N) is 1. The minimum atomic E-state index is -0.496. The minimum absolute atomic E-state index is 0.0730. The molecule has 2 rings (SSSR count). The first-order valence-electron chi connectivity index (χ1n) is 6.44. The Morgan fingerprint density at radius 1 is 1.20 bits per heavy atom. The largest absolute Gasteiger partial charge is 0.398 e. The first kappa shape index (κ1) is 13.9. The molecule has 0 aliphatic rings. The van der Waals surface area contributed by atoms with E-state index >= 15 is 0 Å². The van der Waals surface area contributed by atoms with Crippen LogP contribution in [0.15, 0.2) is 42.5 Å². The monoisotopic (exact) mass is 269 g/mol. The number of hydrogen-bond acceptors (Lipinski definition) is 3. The molecule has 0 saturated heterocycles. The second-order valence-corrected chi connectivity index (χ2v) is 4.46. The third-order valence-corrected chi connectivity index (χ3v) is 3.24. The van der Waals surface area contributed by atoms with Crippen LogP contribution in [0.1, 0.15) is 18.1 Å². The third kappa shape index (κ3) is 2.72. The molecule has 2 aromatic rings. The van der Waals surface area contributed by atoms with E-state index in [2.05, 4.69) is 0 Å². The molecule has 4 heteroatoms. The van der Waals surface area contributed by atoms with Crippen molar-refractivity contribution in [1.82, 2.24) is 0 Å². The van der Waals surface area contributed by atoms with Crippen LogP contribution in [0.2, 0.25) is 0 Å². The number of nitrogen functional groups attached to an aromatic ring is 1. The predicted molar refractivity (Wildman–Crippen MR) is 78.7 cm³/mol. The van der Waals surface area contributed by atoms with Crippen molar-refractivity contribution in [1.29, 1.82) is 5.26 Å². The summed E-state index contributed by atoms with van der Waals surface area (Å²) in [6.07, 6.45) is 0. The van der Waals surface area contributed by atoms with Gasteiger partial charge >= 0.3 is 0 Å². The van der Waals surface area contributed by atoms with E-state index in [9.17, 15) is 4.39 Å². The molecule has 0 saturated carbocycles. The van der Waals surface area contributed by atoms with Gasteiger partial charge in [0.2, 0.25) is 0 Å². The zero-order valence-electron chi connectivity index (χ0n) is 11.3. The van der Waals surface area contributed by atoms with Gasteiger partial charge in [0.05, 0.1) is 5.69 Å². The second kappa shape index (κ2) is 6.07. The number of nitrogens with zero attached hydrogens (tertiary/aromatic N) is 2. The summed E-state index contributed by atoms with van der Waals surface area (Å²) in [5.74, 6) is -0.496. The number of anilines is 2. The third-order valence-electron chi connectivity index (χ3n) is 3.24. The topological polar surface area (TPSA) is 53.0 Å². The highest BCUT2D eigenvalue weighted by Crippen LogP contribution is 2.25. The molecular weight excluding hydrogens is 253 g/mol. The number of nitriles is 1. The minimum Gasteiger partial charge on any atom is -0.398 e. The maximum Gasteiger partial charge on any atom is 0.143 e. The summed E-state index contributed by atoms with van der Waals surface area (Å²) in [4.78, 5) is 1.94. The highest BCUT2D eigenvalue weighted by Gasteiger charge is 2.14. The van der Waals surface area contributed by atoms with Gasteiger partial charge in [0.25, 0.3) is 0 Å². The van der Waals surface area contributed by atoms with Crippen molar-refractivity contribution in [2.75, 3.05) is 17.2 Å². The summed E-state index contributed by atoms with van der Waals surface area (Å²) < 4.78 is 13.7. The molecule has 0 heterocycles. The van der Waals surface area contributed by atoms with Crippen LogP contribution in [0.25, 0.3) is 0 Å². The molecule has 0 atom stereocenters. The average Bonchev–Trinajstić information content (AvgIpc) is 2.46. The lowest BCUT2D eigenvalue weighted by Crippen LogP contribution is -2.23. The smallest absolute Gasteiger partial charge is 0.143 e. The molecule has 0 fully saturated rings. The lowest BCUT2D eigenvalue weighted by atomic mass is 10.1. The van der Waals surface area contributed by atoms with Crippen molar-refractivity contribution in [3.05, 3.63) is 59.4 Å². The summed E-state index contributed by atoms with van der Waals surface area (Å²) in [5.41, 5.74) is 8.26. The van der Waals surface area contributed by atoms with Gasteiger partial charge in [-0.2, -0.15) is 5.26 Å². The Balaban J connectivity index is 2.37. The summed E-state index contributed by atoms with van der Waals surface area (Å²) in [7, 11) is 0. The summed E-state index contributed by atoms with van der Waals surface area (Å²) >= 11 is 0. The molecule has 0 aliphatic heterocycles. The number of hydrogen-bond donors (Lipinski definition) is 1. The number of halogens is 1. The molecule has 0 amide bonds. The summed E-state index contributed by atoms with van der Waals surface area (Å²) in [6, 6.07) is 14.2. The molecule has 3 nitrogen and oxygen atoms in total. The Kier molecular flexibility index (Phi) is 4.21. The van der Waals surface area contributed by atoms with Crippen molar-refractivity contribution >= 4 is 11.4 Å². The summed E-state index contributed by atoms with van der Waals surface area (Å²) in [5, 5.41) is 9.12. The summed E-state index contributed by atoms with van der Waals surface area (Å²) in [6.45, 7) is 3.17. The van der Waals surface area contributed by atoms with E-state index in [0.717, 1.165) is 5.56 Å². The molecule has 20 heavy (non-hydrogen) atoms. The van der Waals surface area contributed by atoms with Gasteiger partial charge in [-0.05, 0) is 30.7 Å². The molecule has 0 spiro atoms. The van der Waals surface area contributed by atoms with E-state index in [1.165, 1.54) is 6.07 Å². The zero-order chi connectivity index (χ0) is 14.5. The van der Waals surface area contributed by atoms with Crippen LogP contribution in [-0.2, 0) is 6.54 Å². The van der Waals surface area contributed by atoms with E-state index in [4.69, 9.17) is 11.0 Å². The van der Waals surface area contributed by atoms with Crippen LogP contribution in [0, 0.1) is 17.1 Å². The van der Waals surface area contributed by atoms with Gasteiger partial charge in [0, 0.05) is 18.8 Å². The van der Waals surface area contributed by atoms with E-state index in [1.54, 1.807) is 12.1 Å². The van der Waals surface area contributed by atoms with Gasteiger partial charge in [0.15, 0.2) is 0 Å². The van der Waals surface area contributed by atoms with Gasteiger partial charge < -0.3 is 10.6 Å². The zero-order valence-corrected chi connectivity index (χ0v) is 11.3. The molecule has 102 valence electrons. The van der Waals surface area contributed by atoms with Crippen LogP contribution >= 0.6 is 0 Å². The fraction of sp³-hybridized carbons (Fsp3) is 0.188. The van der Waals surface area contributed by atoms with Crippen LogP contribution in [-0.4, -0.2) is 6.54 Å². The predicted octanol–water partition coefficient (Wildman–Crippen LogP) is 3.31. The van der Waals surface area contributed by atoms with Gasteiger partial charge in [0.1, 0.15) is 17.4 Å². The number of rotatable bonds is 4. The lowest BCUT2D eigenvalue weighted by molar-refractivity contribution is 0.622. The normalized spacial score (nSPS) is 10.1. The first-order chi connectivity index (χ1) is 9.67. The van der Waals surface area contributed by atoms with Crippen molar-refractivity contribution in [3.63, 3.8) is 0 Å². The highest BCUT2D eigenvalue weighted by molar-refractivity contribution is 5.61. The van der Waals surface area contributed by atoms with E-state index in [0.29, 0.717) is 24.5 Å². The molecule has 2 N–H and O–H groups in total. The van der Waals surface area contributed by atoms with E-state index < -0.39 is 5.82 Å². The van der Waals surface area contributed by atoms with Crippen molar-refractivity contribution in [2.45, 2.75) is 13.5 Å². The quantitative estimate of drug-likeness (QED) is 0.866. The molecule has 0 unspecified atom stereocenters. The van der Waals surface area contributed by atoms with Crippen molar-refractivity contribution in [2.24, 2.45) is 0 Å². The lowest BCUT2D eigenvalue weighted by Gasteiger charge is -2.25. The first-order valence-corrected chi connectivity index (χ1v) is 6.44. The molecule has 0 aliphatic carbocycles. The van der Waals surface area contributed by atoms with E-state index in [-0.39, 0.29) is 5.56 Å². The van der Waals surface area contributed by atoms with Crippen LogP contribution < -0.4 is 10.6 Å². The standard InChI is InChI=1S/C16H16FN3/c1-2-20(11-12-6-3-4-8-15(12)19)16-9-5-7-14(17)13(16)10-18/h3-9H,2,11,19H2,1H3. The molecule has 2 aromatic carbocycles. The van der Waals surface area contributed by atoms with Crippen LogP contribution in [0.4, 0.5) is 15.8 Å². The second-order valence-electron chi connectivity index (χ2n) is 4.46. The number of para-hydroxylation sites is 1. The van der Waals surface area contributed by atoms with Gasteiger partial charge in [-0.25, -0.2) is 4.39 Å². The maximum atomic E-state index is 13.7.